The third kappa shape index (κ3) is 5.09. The molecule has 2 aliphatic rings. The maximum absolute atomic E-state index is 12.3. The summed E-state index contributed by atoms with van der Waals surface area (Å²) < 4.78 is 13.7. The second-order valence-electron chi connectivity index (χ2n) is 8.21. The Morgan fingerprint density at radius 1 is 1.17 bits per heavy atom. The quantitative estimate of drug-likeness (QED) is 0.674. The number of benzene rings is 1. The molecule has 0 atom stereocenters. The Balaban J connectivity index is 1.43. The summed E-state index contributed by atoms with van der Waals surface area (Å²) in [6.07, 6.45) is 6.15. The third-order valence-corrected chi connectivity index (χ3v) is 6.42. The standard InChI is InChI=1S/C22H30N4O3S/c1-15(2)26-20(13-16-8-9-18-19(12-16)29-11-5-10-28-18)24-25-22(26)30-14-21(27)23-17-6-3-4-7-17/h8-9,12,15,17H,3-7,10-11,13-14H2,1-2H3,(H,23,27). The predicted octanol–water partition coefficient (Wildman–Crippen LogP) is 3.76. The van der Waals surface area contributed by atoms with E-state index in [1.165, 1.54) is 24.6 Å². The molecule has 30 heavy (non-hydrogen) atoms. The Kier molecular flexibility index (Phi) is 6.82. The van der Waals surface area contributed by atoms with Crippen molar-refractivity contribution in [2.75, 3.05) is 19.0 Å². The Hall–Kier alpha value is -2.22. The lowest BCUT2D eigenvalue weighted by Gasteiger charge is -2.15. The van der Waals surface area contributed by atoms with E-state index in [9.17, 15) is 4.79 Å². The number of rotatable bonds is 7. The highest BCUT2D eigenvalue weighted by Gasteiger charge is 2.20. The van der Waals surface area contributed by atoms with Crippen LogP contribution in [0.25, 0.3) is 0 Å². The molecule has 2 heterocycles. The molecule has 1 aliphatic carbocycles. The van der Waals surface area contributed by atoms with Crippen molar-refractivity contribution < 1.29 is 14.3 Å². The first-order valence-electron chi connectivity index (χ1n) is 10.8. The van der Waals surface area contributed by atoms with Gasteiger partial charge in [0.05, 0.1) is 19.0 Å². The van der Waals surface area contributed by atoms with E-state index in [2.05, 4.69) is 40.0 Å². The summed E-state index contributed by atoms with van der Waals surface area (Å²) in [5.74, 6) is 2.92. The van der Waals surface area contributed by atoms with Crippen LogP contribution in [0.1, 0.15) is 63.4 Å². The highest BCUT2D eigenvalue weighted by atomic mass is 32.2. The number of nitrogens with one attached hydrogen (secondary N) is 1. The molecule has 8 heteroatoms. The lowest BCUT2D eigenvalue weighted by atomic mass is 10.1. The first-order chi connectivity index (χ1) is 14.6. The van der Waals surface area contributed by atoms with Crippen LogP contribution in [0.5, 0.6) is 11.5 Å². The van der Waals surface area contributed by atoms with E-state index in [1.807, 2.05) is 12.1 Å². The van der Waals surface area contributed by atoms with E-state index in [4.69, 9.17) is 9.47 Å². The zero-order chi connectivity index (χ0) is 20.9. The van der Waals surface area contributed by atoms with E-state index < -0.39 is 0 Å². The summed E-state index contributed by atoms with van der Waals surface area (Å²) in [6.45, 7) is 5.58. The maximum Gasteiger partial charge on any atom is 0.230 e. The Morgan fingerprint density at radius 3 is 2.70 bits per heavy atom. The van der Waals surface area contributed by atoms with Crippen molar-refractivity contribution in [2.24, 2.45) is 0 Å². The molecule has 0 spiro atoms. The molecule has 162 valence electrons. The average Bonchev–Trinajstić information content (AvgIpc) is 3.31. The second-order valence-corrected chi connectivity index (χ2v) is 9.15. The summed E-state index contributed by atoms with van der Waals surface area (Å²) >= 11 is 1.46. The molecule has 1 aliphatic heterocycles. The van der Waals surface area contributed by atoms with E-state index in [0.29, 0.717) is 31.4 Å². The molecule has 7 nitrogen and oxygen atoms in total. The Bertz CT molecular complexity index is 877. The van der Waals surface area contributed by atoms with Gasteiger partial charge in [-0.15, -0.1) is 10.2 Å². The van der Waals surface area contributed by atoms with Crippen molar-refractivity contribution in [1.82, 2.24) is 20.1 Å². The number of ether oxygens (including phenoxy) is 2. The second kappa shape index (κ2) is 9.73. The number of hydrogen-bond donors (Lipinski definition) is 1. The molecule has 1 N–H and O–H groups in total. The van der Waals surface area contributed by atoms with Crippen molar-refractivity contribution in [2.45, 2.75) is 69.6 Å². The summed E-state index contributed by atoms with van der Waals surface area (Å²) in [4.78, 5) is 12.3. The minimum absolute atomic E-state index is 0.0784. The largest absolute Gasteiger partial charge is 0.490 e. The van der Waals surface area contributed by atoms with Gasteiger partial charge in [0.25, 0.3) is 0 Å². The van der Waals surface area contributed by atoms with Crippen LogP contribution >= 0.6 is 11.8 Å². The van der Waals surface area contributed by atoms with Gasteiger partial charge in [-0.1, -0.05) is 30.7 Å². The van der Waals surface area contributed by atoms with Crippen LogP contribution in [0.2, 0.25) is 0 Å². The Morgan fingerprint density at radius 2 is 1.93 bits per heavy atom. The maximum atomic E-state index is 12.3. The van der Waals surface area contributed by atoms with Gasteiger partial charge in [-0.25, -0.2) is 0 Å². The molecule has 0 saturated heterocycles. The van der Waals surface area contributed by atoms with Gasteiger partial charge >= 0.3 is 0 Å². The molecule has 1 aromatic carbocycles. The van der Waals surface area contributed by atoms with Gasteiger partial charge in [0.15, 0.2) is 16.7 Å². The highest BCUT2D eigenvalue weighted by molar-refractivity contribution is 7.99. The smallest absolute Gasteiger partial charge is 0.230 e. The van der Waals surface area contributed by atoms with Gasteiger partial charge in [0.1, 0.15) is 5.82 Å². The summed E-state index contributed by atoms with van der Waals surface area (Å²) in [5, 5.41) is 12.7. The molecule has 4 rings (SSSR count). The van der Waals surface area contributed by atoms with Gasteiger partial charge < -0.3 is 19.4 Å². The van der Waals surface area contributed by atoms with Gasteiger partial charge in [0, 0.05) is 24.9 Å². The SMILES string of the molecule is CC(C)n1c(Cc2ccc3c(c2)OCCCO3)nnc1SCC(=O)NC1CCCC1. The van der Waals surface area contributed by atoms with Crippen LogP contribution in [0.3, 0.4) is 0 Å². The lowest BCUT2D eigenvalue weighted by Crippen LogP contribution is -2.33. The highest BCUT2D eigenvalue weighted by Crippen LogP contribution is 2.31. The van der Waals surface area contributed by atoms with Crippen LogP contribution in [0, 0.1) is 0 Å². The number of amides is 1. The van der Waals surface area contributed by atoms with Crippen molar-refractivity contribution in [3.63, 3.8) is 0 Å². The van der Waals surface area contributed by atoms with Gasteiger partial charge in [-0.05, 0) is 44.4 Å². The molecule has 0 bridgehead atoms. The van der Waals surface area contributed by atoms with Gasteiger partial charge in [-0.3, -0.25) is 4.79 Å². The molecule has 2 aromatic rings. The normalized spacial score (nSPS) is 16.6. The fourth-order valence-corrected chi connectivity index (χ4v) is 4.91. The van der Waals surface area contributed by atoms with Gasteiger partial charge in [0.2, 0.25) is 5.91 Å². The topological polar surface area (TPSA) is 78.3 Å². The molecule has 1 aromatic heterocycles. The third-order valence-electron chi connectivity index (χ3n) is 5.48. The monoisotopic (exact) mass is 430 g/mol. The van der Waals surface area contributed by atoms with Crippen LogP contribution < -0.4 is 14.8 Å². The first-order valence-corrected chi connectivity index (χ1v) is 11.8. The zero-order valence-corrected chi connectivity index (χ0v) is 18.5. The molecule has 0 unspecified atom stereocenters. The van der Waals surface area contributed by atoms with E-state index in [1.54, 1.807) is 0 Å². The van der Waals surface area contributed by atoms with Crippen molar-refractivity contribution in [3.05, 3.63) is 29.6 Å². The fourth-order valence-electron chi connectivity index (χ4n) is 4.01. The number of aromatic nitrogens is 3. The zero-order valence-electron chi connectivity index (χ0n) is 17.7. The Labute approximate surface area is 181 Å². The number of carbonyl (C=O) groups excluding carboxylic acids is 1. The van der Waals surface area contributed by atoms with Crippen LogP contribution in [0.4, 0.5) is 0 Å². The van der Waals surface area contributed by atoms with Crippen molar-refractivity contribution in [1.29, 1.82) is 0 Å². The average molecular weight is 431 g/mol. The first kappa shape index (κ1) is 21.0. The van der Waals surface area contributed by atoms with Crippen LogP contribution in [0.15, 0.2) is 23.4 Å². The number of carbonyl (C=O) groups is 1. The number of hydrogen-bond acceptors (Lipinski definition) is 6. The molecular formula is C22H30N4O3S. The minimum atomic E-state index is 0.0784. The number of thioether (sulfide) groups is 1. The van der Waals surface area contributed by atoms with Gasteiger partial charge in [-0.2, -0.15) is 0 Å². The summed E-state index contributed by atoms with van der Waals surface area (Å²) in [6, 6.07) is 6.60. The predicted molar refractivity (Wildman–Crippen MR) is 116 cm³/mol. The van der Waals surface area contributed by atoms with Crippen molar-refractivity contribution >= 4 is 17.7 Å². The molecule has 1 saturated carbocycles. The van der Waals surface area contributed by atoms with E-state index >= 15 is 0 Å². The van der Waals surface area contributed by atoms with Crippen molar-refractivity contribution in [3.8, 4) is 11.5 Å². The van der Waals surface area contributed by atoms with E-state index in [-0.39, 0.29) is 11.9 Å². The molecule has 1 amide bonds. The molecule has 1 fully saturated rings. The lowest BCUT2D eigenvalue weighted by molar-refractivity contribution is -0.119. The molecular weight excluding hydrogens is 400 g/mol. The molecule has 0 radical (unpaired) electrons. The fraction of sp³-hybridized carbons (Fsp3) is 0.591. The van der Waals surface area contributed by atoms with Crippen LogP contribution in [-0.2, 0) is 11.2 Å². The number of nitrogens with zero attached hydrogens (tertiary/aromatic N) is 3. The minimum Gasteiger partial charge on any atom is -0.490 e. The number of fused-ring (bicyclic) bond motifs is 1. The van der Waals surface area contributed by atoms with Crippen LogP contribution in [-0.4, -0.2) is 45.7 Å². The summed E-state index contributed by atoms with van der Waals surface area (Å²) in [7, 11) is 0. The van der Waals surface area contributed by atoms with E-state index in [0.717, 1.165) is 47.3 Å². The summed E-state index contributed by atoms with van der Waals surface area (Å²) in [5.41, 5.74) is 1.10.